The van der Waals surface area contributed by atoms with E-state index in [9.17, 15) is 0 Å². The molecule has 1 saturated heterocycles. The van der Waals surface area contributed by atoms with E-state index in [2.05, 4.69) is 30.1 Å². The lowest BCUT2D eigenvalue weighted by Crippen LogP contribution is -2.53. The molecule has 0 spiro atoms. The smallest absolute Gasteiger partial charge is 0.119 e. The van der Waals surface area contributed by atoms with Crippen LogP contribution in [0.3, 0.4) is 0 Å². The highest BCUT2D eigenvalue weighted by Crippen LogP contribution is 2.52. The number of ether oxygens (including phenoxy) is 1. The summed E-state index contributed by atoms with van der Waals surface area (Å²) in [7, 11) is 4.12. The molecule has 2 aliphatic carbocycles. The maximum atomic E-state index is 5.46. The van der Waals surface area contributed by atoms with E-state index in [1.165, 1.54) is 38.6 Å². The molecule has 108 valence electrons. The Bertz CT molecular complexity index is 512. The largest absolute Gasteiger partial charge is 0.497 e. The number of methoxy groups -OCH3 is 1. The fourth-order valence-electron chi connectivity index (χ4n) is 5.17. The van der Waals surface area contributed by atoms with Crippen LogP contribution in [0.15, 0.2) is 18.2 Å². The Morgan fingerprint density at radius 1 is 1.20 bits per heavy atom. The second-order valence-corrected chi connectivity index (χ2v) is 6.98. The van der Waals surface area contributed by atoms with Crippen LogP contribution in [-0.2, 0) is 6.42 Å². The Morgan fingerprint density at radius 2 is 2.10 bits per heavy atom. The Balaban J connectivity index is 1.78. The number of hydrogen-bond acceptors (Lipinski definition) is 2. The molecule has 1 saturated carbocycles. The van der Waals surface area contributed by atoms with Crippen LogP contribution >= 0.6 is 0 Å². The molecular formula is C18H25NO. The minimum absolute atomic E-state index is 0.778. The molecule has 4 rings (SSSR count). The predicted octanol–water partition coefficient (Wildman–Crippen LogP) is 3.46. The van der Waals surface area contributed by atoms with Crippen LogP contribution in [0.2, 0.25) is 0 Å². The van der Waals surface area contributed by atoms with Crippen LogP contribution in [0.4, 0.5) is 0 Å². The minimum Gasteiger partial charge on any atom is -0.497 e. The normalized spacial score (nSPS) is 36.1. The third-order valence-electron chi connectivity index (χ3n) is 6.14. The third kappa shape index (κ3) is 1.81. The van der Waals surface area contributed by atoms with Gasteiger partial charge >= 0.3 is 0 Å². The minimum atomic E-state index is 0.778. The fraction of sp³-hybridized carbons (Fsp3) is 0.667. The predicted molar refractivity (Wildman–Crippen MR) is 81.3 cm³/mol. The monoisotopic (exact) mass is 271 g/mol. The van der Waals surface area contributed by atoms with Crippen LogP contribution in [-0.4, -0.2) is 31.6 Å². The van der Waals surface area contributed by atoms with E-state index in [-0.39, 0.29) is 0 Å². The number of rotatable bonds is 1. The quantitative estimate of drug-likeness (QED) is 0.775. The Morgan fingerprint density at radius 3 is 2.95 bits per heavy atom. The SMILES string of the molecule is COc1ccc2c(c1)C1CCCC3CCN(C)C(C2)C31. The lowest BCUT2D eigenvalue weighted by atomic mass is 9.59. The average Bonchev–Trinajstić information content (AvgIpc) is 2.50. The average molecular weight is 271 g/mol. The zero-order valence-electron chi connectivity index (χ0n) is 12.6. The first kappa shape index (κ1) is 12.7. The molecule has 1 heterocycles. The first-order valence-corrected chi connectivity index (χ1v) is 8.15. The summed E-state index contributed by atoms with van der Waals surface area (Å²) in [6.07, 6.45) is 6.91. The molecule has 0 radical (unpaired) electrons. The van der Waals surface area contributed by atoms with Crippen LogP contribution in [0.25, 0.3) is 0 Å². The van der Waals surface area contributed by atoms with Crippen molar-refractivity contribution in [1.29, 1.82) is 0 Å². The number of likely N-dealkylation sites (N-methyl/N-ethyl adjacent to an activating group) is 1. The number of nitrogens with zero attached hydrogens (tertiary/aromatic N) is 1. The van der Waals surface area contributed by atoms with Gasteiger partial charge in [0.1, 0.15) is 5.75 Å². The summed E-state index contributed by atoms with van der Waals surface area (Å²) >= 11 is 0. The van der Waals surface area contributed by atoms with E-state index in [4.69, 9.17) is 4.74 Å². The second kappa shape index (κ2) is 4.77. The lowest BCUT2D eigenvalue weighted by Gasteiger charge is -2.53. The number of hydrogen-bond donors (Lipinski definition) is 0. The third-order valence-corrected chi connectivity index (χ3v) is 6.14. The molecule has 2 heteroatoms. The van der Waals surface area contributed by atoms with Gasteiger partial charge < -0.3 is 9.64 Å². The standard InChI is InChI=1S/C18H25NO/c1-19-9-8-12-4-3-5-15-16-11-14(20-2)7-6-13(16)10-17(19)18(12)15/h6-7,11-12,15,17-18H,3-5,8-10H2,1-2H3. The molecule has 0 N–H and O–H groups in total. The Hall–Kier alpha value is -1.02. The van der Waals surface area contributed by atoms with Crippen molar-refractivity contribution in [3.8, 4) is 5.75 Å². The number of benzene rings is 1. The summed E-state index contributed by atoms with van der Waals surface area (Å²) in [6.45, 7) is 1.30. The van der Waals surface area contributed by atoms with Crippen LogP contribution in [0.5, 0.6) is 5.75 Å². The Kier molecular flexibility index (Phi) is 3.03. The van der Waals surface area contributed by atoms with Crippen molar-refractivity contribution >= 4 is 0 Å². The van der Waals surface area contributed by atoms with Crippen molar-refractivity contribution in [3.05, 3.63) is 29.3 Å². The van der Waals surface area contributed by atoms with Gasteiger partial charge in [0.25, 0.3) is 0 Å². The molecule has 1 aromatic rings. The van der Waals surface area contributed by atoms with Crippen molar-refractivity contribution in [2.24, 2.45) is 11.8 Å². The van der Waals surface area contributed by atoms with Gasteiger partial charge in [-0.1, -0.05) is 18.9 Å². The number of piperidine rings is 1. The topological polar surface area (TPSA) is 12.5 Å². The molecule has 4 unspecified atom stereocenters. The zero-order chi connectivity index (χ0) is 13.7. The Labute approximate surface area is 122 Å². The summed E-state index contributed by atoms with van der Waals surface area (Å²) < 4.78 is 5.46. The van der Waals surface area contributed by atoms with Gasteiger partial charge in [-0.25, -0.2) is 0 Å². The molecule has 2 fully saturated rings. The zero-order valence-corrected chi connectivity index (χ0v) is 12.6. The van der Waals surface area contributed by atoms with Crippen molar-refractivity contribution in [1.82, 2.24) is 4.90 Å². The molecular weight excluding hydrogens is 246 g/mol. The van der Waals surface area contributed by atoms with Gasteiger partial charge in [-0.15, -0.1) is 0 Å². The van der Waals surface area contributed by atoms with E-state index < -0.39 is 0 Å². The van der Waals surface area contributed by atoms with Crippen molar-refractivity contribution < 1.29 is 4.74 Å². The van der Waals surface area contributed by atoms with Gasteiger partial charge in [0, 0.05) is 6.04 Å². The molecule has 4 atom stereocenters. The maximum absolute atomic E-state index is 5.46. The number of fused-ring (bicyclic) bond motifs is 2. The second-order valence-electron chi connectivity index (χ2n) is 6.98. The number of likely N-dealkylation sites (tertiary alicyclic amines) is 1. The van der Waals surface area contributed by atoms with Crippen LogP contribution < -0.4 is 4.74 Å². The van der Waals surface area contributed by atoms with E-state index in [0.717, 1.165) is 29.5 Å². The van der Waals surface area contributed by atoms with E-state index in [1.807, 2.05) is 0 Å². The van der Waals surface area contributed by atoms with Gasteiger partial charge in [-0.05, 0) is 73.9 Å². The highest BCUT2D eigenvalue weighted by molar-refractivity contribution is 5.41. The van der Waals surface area contributed by atoms with Crippen molar-refractivity contribution in [2.75, 3.05) is 20.7 Å². The van der Waals surface area contributed by atoms with E-state index >= 15 is 0 Å². The highest BCUT2D eigenvalue weighted by Gasteiger charge is 2.46. The molecule has 20 heavy (non-hydrogen) atoms. The molecule has 1 aliphatic heterocycles. The molecule has 0 aromatic heterocycles. The van der Waals surface area contributed by atoms with Gasteiger partial charge in [0.2, 0.25) is 0 Å². The molecule has 1 aromatic carbocycles. The van der Waals surface area contributed by atoms with E-state index in [0.29, 0.717) is 0 Å². The van der Waals surface area contributed by atoms with Crippen LogP contribution in [0, 0.1) is 11.8 Å². The van der Waals surface area contributed by atoms with Gasteiger partial charge in [0.15, 0.2) is 0 Å². The van der Waals surface area contributed by atoms with Gasteiger partial charge in [-0.2, -0.15) is 0 Å². The summed E-state index contributed by atoms with van der Waals surface area (Å²) in [6, 6.07) is 7.56. The fourth-order valence-corrected chi connectivity index (χ4v) is 5.17. The summed E-state index contributed by atoms with van der Waals surface area (Å²) in [5.41, 5.74) is 3.18. The molecule has 0 bridgehead atoms. The van der Waals surface area contributed by atoms with Gasteiger partial charge in [0.05, 0.1) is 7.11 Å². The first-order valence-electron chi connectivity index (χ1n) is 8.15. The molecule has 3 aliphatic rings. The summed E-state index contributed by atoms with van der Waals surface area (Å²) in [5, 5.41) is 0. The first-order chi connectivity index (χ1) is 9.78. The summed E-state index contributed by atoms with van der Waals surface area (Å²) in [4.78, 5) is 2.63. The van der Waals surface area contributed by atoms with Crippen LogP contribution in [0.1, 0.15) is 42.7 Å². The molecule has 2 nitrogen and oxygen atoms in total. The van der Waals surface area contributed by atoms with Gasteiger partial charge in [-0.3, -0.25) is 0 Å². The van der Waals surface area contributed by atoms with Crippen molar-refractivity contribution in [2.45, 2.75) is 44.1 Å². The van der Waals surface area contributed by atoms with E-state index in [1.54, 1.807) is 18.2 Å². The maximum Gasteiger partial charge on any atom is 0.119 e. The highest BCUT2D eigenvalue weighted by atomic mass is 16.5. The van der Waals surface area contributed by atoms with Crippen molar-refractivity contribution in [3.63, 3.8) is 0 Å². The summed E-state index contributed by atoms with van der Waals surface area (Å²) in [5.74, 6) is 3.67. The lowest BCUT2D eigenvalue weighted by molar-refractivity contribution is 0.0182. The molecule has 0 amide bonds.